The van der Waals surface area contributed by atoms with E-state index in [1.165, 1.54) is 37.8 Å². The number of para-hydroxylation sites is 1. The molecule has 3 heterocycles. The minimum absolute atomic E-state index is 0.219. The Hall–Kier alpha value is -5.56. The maximum Gasteiger partial charge on any atom is 0.222 e. The number of likely N-dealkylation sites (tertiary alicyclic amines) is 1. The third kappa shape index (κ3) is 15.6. The average molecular weight is 879 g/mol. The summed E-state index contributed by atoms with van der Waals surface area (Å²) in [6.07, 6.45) is 25.2. The number of anilines is 2. The van der Waals surface area contributed by atoms with Gasteiger partial charge in [-0.3, -0.25) is 4.79 Å². The molecule has 2 unspecified atom stereocenters. The average Bonchev–Trinajstić information content (AvgIpc) is 3.51. The number of aldehydes is 2. The summed E-state index contributed by atoms with van der Waals surface area (Å²) in [6.45, 7) is 3.30. The number of piperazine rings is 1. The SMILES string of the molecule is CN(C)CCCCCC=O.CNC(=O)C1CCC1.NC(N)=C(/C=C/c1ccccc1OCc1ccc(N)cc1)N1CC2CCC(C1)N2c1ccnc(OC2CCC2)c1.O=CC1CCC1. The van der Waals surface area contributed by atoms with E-state index < -0.39 is 0 Å². The molecular formula is C51H74N8O5. The van der Waals surface area contributed by atoms with E-state index in [9.17, 15) is 14.4 Å². The number of carbonyl (C=O) groups is 3. The van der Waals surface area contributed by atoms with Crippen molar-refractivity contribution >= 4 is 35.9 Å². The number of benzene rings is 2. The zero-order chi connectivity index (χ0) is 45.7. The van der Waals surface area contributed by atoms with Crippen LogP contribution < -0.4 is 36.9 Å². The number of ether oxygens (including phenoxy) is 2. The smallest absolute Gasteiger partial charge is 0.222 e. The van der Waals surface area contributed by atoms with Crippen LogP contribution in [0.1, 0.15) is 107 Å². The van der Waals surface area contributed by atoms with Crippen molar-refractivity contribution in [1.29, 1.82) is 0 Å². The summed E-state index contributed by atoms with van der Waals surface area (Å²) < 4.78 is 12.2. The summed E-state index contributed by atoms with van der Waals surface area (Å²) in [7, 11) is 5.83. The van der Waals surface area contributed by atoms with E-state index in [4.69, 9.17) is 26.7 Å². The highest BCUT2D eigenvalue weighted by Crippen LogP contribution is 2.38. The number of pyridine rings is 1. The lowest BCUT2D eigenvalue weighted by Gasteiger charge is -2.44. The Labute approximate surface area is 381 Å². The van der Waals surface area contributed by atoms with E-state index in [-0.39, 0.29) is 5.91 Å². The van der Waals surface area contributed by atoms with Crippen molar-refractivity contribution in [3.63, 3.8) is 0 Å². The van der Waals surface area contributed by atoms with Gasteiger partial charge in [0.2, 0.25) is 11.8 Å². The summed E-state index contributed by atoms with van der Waals surface area (Å²) in [5.41, 5.74) is 23.1. The third-order valence-electron chi connectivity index (χ3n) is 12.7. The molecule has 3 aliphatic carbocycles. The predicted octanol–water partition coefficient (Wildman–Crippen LogP) is 7.45. The first-order valence-electron chi connectivity index (χ1n) is 23.5. The summed E-state index contributed by atoms with van der Waals surface area (Å²) in [5.74, 6) is 2.86. The van der Waals surface area contributed by atoms with Gasteiger partial charge in [-0.2, -0.15) is 0 Å². The quantitative estimate of drug-likeness (QED) is 0.0456. The Morgan fingerprint density at radius 2 is 1.56 bits per heavy atom. The van der Waals surface area contributed by atoms with E-state index in [0.717, 1.165) is 131 Å². The van der Waals surface area contributed by atoms with Crippen molar-refractivity contribution in [1.82, 2.24) is 20.1 Å². The highest BCUT2D eigenvalue weighted by molar-refractivity contribution is 5.79. The Morgan fingerprint density at radius 1 is 0.875 bits per heavy atom. The molecule has 0 radical (unpaired) electrons. The van der Waals surface area contributed by atoms with Gasteiger partial charge < -0.3 is 56.3 Å². The summed E-state index contributed by atoms with van der Waals surface area (Å²) in [5, 5.41) is 2.63. The highest BCUT2D eigenvalue weighted by atomic mass is 16.5. The lowest BCUT2D eigenvalue weighted by Crippen LogP contribution is -2.53. The van der Waals surface area contributed by atoms with Crippen LogP contribution in [0, 0.1) is 11.8 Å². The number of nitrogens with two attached hydrogens (primary N) is 3. The van der Waals surface area contributed by atoms with Gasteiger partial charge >= 0.3 is 0 Å². The topological polar surface area (TPSA) is 182 Å². The molecule has 2 aromatic carbocycles. The number of unbranched alkanes of at least 4 members (excludes halogenated alkanes) is 3. The largest absolute Gasteiger partial charge is 0.488 e. The number of allylic oxidation sites excluding steroid dienone is 1. The first-order valence-corrected chi connectivity index (χ1v) is 23.5. The molecular weight excluding hydrogens is 805 g/mol. The fraction of sp³-hybridized carbons (Fsp3) is 0.529. The van der Waals surface area contributed by atoms with Crippen LogP contribution in [-0.4, -0.2) is 92.2 Å². The summed E-state index contributed by atoms with van der Waals surface area (Å²) in [4.78, 5) is 41.9. The van der Waals surface area contributed by atoms with E-state index in [2.05, 4.69) is 51.2 Å². The first-order chi connectivity index (χ1) is 31.1. The van der Waals surface area contributed by atoms with Crippen LogP contribution in [0.5, 0.6) is 11.6 Å². The number of hydrogen-bond donors (Lipinski definition) is 4. The number of amides is 1. The molecule has 64 heavy (non-hydrogen) atoms. The molecule has 13 nitrogen and oxygen atoms in total. The maximum atomic E-state index is 10.7. The van der Waals surface area contributed by atoms with Crippen molar-refractivity contribution in [2.75, 3.05) is 51.4 Å². The maximum absolute atomic E-state index is 10.7. The first kappa shape index (κ1) is 49.5. The molecule has 7 N–H and O–H groups in total. The number of nitrogens with one attached hydrogen (secondary N) is 1. The number of nitrogen functional groups attached to an aromatic ring is 1. The predicted molar refractivity (Wildman–Crippen MR) is 257 cm³/mol. The second-order valence-corrected chi connectivity index (χ2v) is 17.9. The minimum Gasteiger partial charge on any atom is -0.488 e. The number of aromatic nitrogens is 1. The highest BCUT2D eigenvalue weighted by Gasteiger charge is 2.41. The van der Waals surface area contributed by atoms with Crippen LogP contribution in [0.3, 0.4) is 0 Å². The molecule has 13 heteroatoms. The fourth-order valence-corrected chi connectivity index (χ4v) is 8.17. The molecule has 2 atom stereocenters. The van der Waals surface area contributed by atoms with E-state index in [0.29, 0.717) is 42.5 Å². The van der Waals surface area contributed by atoms with Gasteiger partial charge in [-0.25, -0.2) is 4.98 Å². The lowest BCUT2D eigenvalue weighted by atomic mass is 9.85. The Kier molecular flexibility index (Phi) is 20.3. The Morgan fingerprint density at radius 3 is 2.09 bits per heavy atom. The molecule has 0 spiro atoms. The number of fused-ring (bicyclic) bond motifs is 2. The van der Waals surface area contributed by atoms with Gasteiger partial charge in [0, 0.05) is 79.7 Å². The number of nitrogens with zero attached hydrogens (tertiary/aromatic N) is 4. The van der Waals surface area contributed by atoms with Gasteiger partial charge in [0.1, 0.15) is 36.9 Å². The second-order valence-electron chi connectivity index (χ2n) is 17.9. The third-order valence-corrected chi connectivity index (χ3v) is 12.7. The molecule has 1 aromatic heterocycles. The Balaban J connectivity index is 0.000000259. The van der Waals surface area contributed by atoms with Gasteiger partial charge in [0.05, 0.1) is 5.70 Å². The molecule has 2 bridgehead atoms. The monoisotopic (exact) mass is 879 g/mol. The number of carbonyl (C=O) groups excluding carboxylic acids is 3. The zero-order valence-corrected chi connectivity index (χ0v) is 38.5. The van der Waals surface area contributed by atoms with Gasteiger partial charge in [0.25, 0.3) is 0 Å². The standard InChI is InChI=1S/C32H38N6O2.C8H17NO.C6H11NO.C5H8O/c33-24-11-8-22(9-12-24)21-39-30-7-2-1-4-23(30)10-15-29(32(34)35)37-19-26-13-14-27(20-37)38(26)25-16-17-36-31(18-25)40-28-5-3-6-28;1-9(2)7-5-3-4-6-8-10;1-7-6(8)5-3-2-4-5;6-4-5-2-1-3-5/h1-2,4,7-12,15-18,26-28H,3,5-6,13-14,19-21,33-35H2;8H,3-7H2,1-2H3;5H,2-4H2,1H3,(H,7,8);4-5H,1-3H2/b15-10+;;;. The van der Waals surface area contributed by atoms with Crippen LogP contribution in [0.4, 0.5) is 11.4 Å². The molecule has 2 saturated heterocycles. The molecule has 3 aromatic rings. The molecule has 348 valence electrons. The number of hydrogen-bond acceptors (Lipinski definition) is 12. The zero-order valence-electron chi connectivity index (χ0n) is 38.5. The molecule has 2 aliphatic heterocycles. The Bertz CT molecular complexity index is 1920. The van der Waals surface area contributed by atoms with Crippen LogP contribution >= 0.6 is 0 Å². The van der Waals surface area contributed by atoms with E-state index in [1.54, 1.807) is 7.05 Å². The lowest BCUT2D eigenvalue weighted by molar-refractivity contribution is -0.126. The van der Waals surface area contributed by atoms with Gasteiger partial charge in [-0.1, -0.05) is 49.6 Å². The van der Waals surface area contributed by atoms with Crippen molar-refractivity contribution in [2.24, 2.45) is 23.3 Å². The van der Waals surface area contributed by atoms with Gasteiger partial charge in [-0.05, 0) is 133 Å². The van der Waals surface area contributed by atoms with E-state index >= 15 is 0 Å². The van der Waals surface area contributed by atoms with Crippen LogP contribution in [0.2, 0.25) is 0 Å². The number of rotatable bonds is 17. The molecule has 8 rings (SSSR count). The second kappa shape index (κ2) is 26.3. The molecule has 1 amide bonds. The molecule has 5 aliphatic rings. The van der Waals surface area contributed by atoms with Crippen molar-refractivity contribution in [3.05, 3.63) is 95.6 Å². The summed E-state index contributed by atoms with van der Waals surface area (Å²) in [6, 6.07) is 20.7. The van der Waals surface area contributed by atoms with Crippen molar-refractivity contribution in [3.8, 4) is 11.6 Å². The van der Waals surface area contributed by atoms with Crippen molar-refractivity contribution < 1.29 is 23.9 Å². The fourth-order valence-electron chi connectivity index (χ4n) is 8.17. The summed E-state index contributed by atoms with van der Waals surface area (Å²) >= 11 is 0. The van der Waals surface area contributed by atoms with Crippen LogP contribution in [0.15, 0.2) is 84.5 Å². The minimum atomic E-state index is 0.219. The van der Waals surface area contributed by atoms with Crippen molar-refractivity contribution in [2.45, 2.75) is 121 Å². The van der Waals surface area contributed by atoms with Gasteiger partial charge in [0.15, 0.2) is 0 Å². The molecule has 3 saturated carbocycles. The molecule has 5 fully saturated rings. The van der Waals surface area contributed by atoms with E-state index in [1.807, 2.05) is 66.9 Å². The van der Waals surface area contributed by atoms with Gasteiger partial charge in [-0.15, -0.1) is 0 Å². The van der Waals surface area contributed by atoms with Crippen LogP contribution in [-0.2, 0) is 21.0 Å². The van der Waals surface area contributed by atoms with Crippen LogP contribution in [0.25, 0.3) is 6.08 Å². The normalized spacial score (nSPS) is 18.9.